The molecule has 0 aromatic heterocycles. The van der Waals surface area contributed by atoms with E-state index in [4.69, 9.17) is 16.3 Å². The number of hydrogen-bond donors (Lipinski definition) is 1. The van der Waals surface area contributed by atoms with Gasteiger partial charge in [0.15, 0.2) is 0 Å². The highest BCUT2D eigenvalue weighted by Gasteiger charge is 2.23. The first kappa shape index (κ1) is 14.4. The predicted octanol–water partition coefficient (Wildman–Crippen LogP) is 4.36. The van der Waals surface area contributed by atoms with Crippen LogP contribution < -0.4 is 10.1 Å². The molecule has 2 aromatic rings. The van der Waals surface area contributed by atoms with Gasteiger partial charge in [0.25, 0.3) is 5.91 Å². The Balaban J connectivity index is 1.84. The highest BCUT2D eigenvalue weighted by molar-refractivity contribution is 9.10. The minimum atomic E-state index is -0.178. The van der Waals surface area contributed by atoms with Gasteiger partial charge in [0.1, 0.15) is 5.75 Å². The molecule has 0 spiro atoms. The van der Waals surface area contributed by atoms with Crippen LogP contribution in [-0.4, -0.2) is 12.5 Å². The number of halogens is 2. The second-order valence-electron chi connectivity index (χ2n) is 4.83. The van der Waals surface area contributed by atoms with Crippen LogP contribution in [0.2, 0.25) is 5.02 Å². The number of fused-ring (bicyclic) bond motifs is 1. The molecule has 1 unspecified atom stereocenters. The molecular formula is C16H13BrClNO2. The summed E-state index contributed by atoms with van der Waals surface area (Å²) >= 11 is 9.46. The van der Waals surface area contributed by atoms with Gasteiger partial charge in [-0.25, -0.2) is 0 Å². The van der Waals surface area contributed by atoms with Gasteiger partial charge in [-0.2, -0.15) is 0 Å². The van der Waals surface area contributed by atoms with Crippen molar-refractivity contribution in [3.8, 4) is 5.75 Å². The van der Waals surface area contributed by atoms with Crippen molar-refractivity contribution in [2.75, 3.05) is 6.61 Å². The molecule has 0 fully saturated rings. The van der Waals surface area contributed by atoms with E-state index in [1.807, 2.05) is 30.3 Å². The molecule has 1 amide bonds. The number of ether oxygens (including phenoxy) is 1. The maximum Gasteiger partial charge on any atom is 0.253 e. The van der Waals surface area contributed by atoms with E-state index in [0.717, 1.165) is 22.2 Å². The van der Waals surface area contributed by atoms with Gasteiger partial charge in [-0.15, -0.1) is 0 Å². The topological polar surface area (TPSA) is 38.3 Å². The molecule has 3 nitrogen and oxygen atoms in total. The minimum Gasteiger partial charge on any atom is -0.493 e. The highest BCUT2D eigenvalue weighted by atomic mass is 79.9. The fraction of sp³-hybridized carbons (Fsp3) is 0.188. The molecule has 21 heavy (non-hydrogen) atoms. The molecule has 2 aromatic carbocycles. The molecule has 108 valence electrons. The molecule has 0 saturated heterocycles. The summed E-state index contributed by atoms with van der Waals surface area (Å²) in [5.41, 5.74) is 1.47. The van der Waals surface area contributed by atoms with Crippen molar-refractivity contribution >= 4 is 33.4 Å². The standard InChI is InChI=1S/C16H13BrClNO2/c17-10-5-6-13(18)12(9-10)16(20)19-14-7-8-21-15-4-2-1-3-11(14)15/h1-6,9,14H,7-8H2,(H,19,20). The van der Waals surface area contributed by atoms with Crippen LogP contribution in [0.5, 0.6) is 5.75 Å². The molecule has 0 aliphatic carbocycles. The van der Waals surface area contributed by atoms with E-state index >= 15 is 0 Å². The van der Waals surface area contributed by atoms with Gasteiger partial charge in [0.2, 0.25) is 0 Å². The van der Waals surface area contributed by atoms with Crippen LogP contribution in [0, 0.1) is 0 Å². The molecule has 1 heterocycles. The van der Waals surface area contributed by atoms with E-state index in [1.165, 1.54) is 0 Å². The molecule has 1 atom stereocenters. The molecule has 1 aliphatic rings. The number of para-hydroxylation sites is 1. The van der Waals surface area contributed by atoms with Crippen LogP contribution in [0.3, 0.4) is 0 Å². The largest absolute Gasteiger partial charge is 0.493 e. The van der Waals surface area contributed by atoms with Crippen molar-refractivity contribution in [2.24, 2.45) is 0 Å². The molecule has 0 bridgehead atoms. The number of carbonyl (C=O) groups is 1. The molecule has 0 saturated carbocycles. The van der Waals surface area contributed by atoms with Gasteiger partial charge in [-0.3, -0.25) is 4.79 Å². The van der Waals surface area contributed by atoms with E-state index in [1.54, 1.807) is 12.1 Å². The molecule has 0 radical (unpaired) electrons. The monoisotopic (exact) mass is 365 g/mol. The molecule has 3 rings (SSSR count). The van der Waals surface area contributed by atoms with Crippen LogP contribution in [0.15, 0.2) is 46.9 Å². The first-order valence-corrected chi connectivity index (χ1v) is 7.80. The van der Waals surface area contributed by atoms with Crippen LogP contribution in [-0.2, 0) is 0 Å². The third-order valence-electron chi connectivity index (χ3n) is 3.44. The van der Waals surface area contributed by atoms with Crippen molar-refractivity contribution in [3.63, 3.8) is 0 Å². The fourth-order valence-corrected chi connectivity index (χ4v) is 2.96. The first-order valence-electron chi connectivity index (χ1n) is 6.63. The van der Waals surface area contributed by atoms with E-state index in [-0.39, 0.29) is 11.9 Å². The maximum atomic E-state index is 12.4. The Kier molecular flexibility index (Phi) is 4.17. The van der Waals surface area contributed by atoms with Gasteiger partial charge >= 0.3 is 0 Å². The average molecular weight is 367 g/mol. The smallest absolute Gasteiger partial charge is 0.253 e. The Labute approximate surface area is 136 Å². The number of amides is 1. The van der Waals surface area contributed by atoms with Gasteiger partial charge in [-0.05, 0) is 24.3 Å². The van der Waals surface area contributed by atoms with Crippen LogP contribution in [0.4, 0.5) is 0 Å². The second-order valence-corrected chi connectivity index (χ2v) is 6.15. The summed E-state index contributed by atoms with van der Waals surface area (Å²) in [6.45, 7) is 0.591. The normalized spacial score (nSPS) is 16.8. The quantitative estimate of drug-likeness (QED) is 0.858. The lowest BCUT2D eigenvalue weighted by atomic mass is 10.00. The van der Waals surface area contributed by atoms with Gasteiger partial charge in [0, 0.05) is 16.5 Å². The third kappa shape index (κ3) is 3.06. The SMILES string of the molecule is O=C(NC1CCOc2ccccc21)c1cc(Br)ccc1Cl. The summed E-state index contributed by atoms with van der Waals surface area (Å²) in [6.07, 6.45) is 0.744. The van der Waals surface area contributed by atoms with Crippen LogP contribution in [0.1, 0.15) is 28.4 Å². The Bertz CT molecular complexity index is 690. The molecule has 1 N–H and O–H groups in total. The van der Waals surface area contributed by atoms with Gasteiger partial charge in [0.05, 0.1) is 23.2 Å². The van der Waals surface area contributed by atoms with E-state index in [0.29, 0.717) is 17.2 Å². The molecular weight excluding hydrogens is 354 g/mol. The summed E-state index contributed by atoms with van der Waals surface area (Å²) in [5.74, 6) is 0.650. The number of hydrogen-bond acceptors (Lipinski definition) is 2. The number of carbonyl (C=O) groups excluding carboxylic acids is 1. The van der Waals surface area contributed by atoms with Crippen molar-refractivity contribution in [1.29, 1.82) is 0 Å². The lowest BCUT2D eigenvalue weighted by Crippen LogP contribution is -2.32. The zero-order valence-electron chi connectivity index (χ0n) is 11.1. The number of benzene rings is 2. The lowest BCUT2D eigenvalue weighted by molar-refractivity contribution is 0.0925. The third-order valence-corrected chi connectivity index (χ3v) is 4.26. The lowest BCUT2D eigenvalue weighted by Gasteiger charge is -2.26. The maximum absolute atomic E-state index is 12.4. The van der Waals surface area contributed by atoms with Gasteiger partial charge < -0.3 is 10.1 Å². The van der Waals surface area contributed by atoms with Crippen molar-refractivity contribution in [3.05, 3.63) is 63.1 Å². The summed E-state index contributed by atoms with van der Waals surface area (Å²) in [7, 11) is 0. The zero-order chi connectivity index (χ0) is 14.8. The van der Waals surface area contributed by atoms with Crippen molar-refractivity contribution < 1.29 is 9.53 Å². The Morgan fingerprint density at radius 2 is 2.10 bits per heavy atom. The average Bonchev–Trinajstić information content (AvgIpc) is 2.50. The first-order chi connectivity index (χ1) is 10.1. The predicted molar refractivity (Wildman–Crippen MR) is 85.9 cm³/mol. The highest BCUT2D eigenvalue weighted by Crippen LogP contribution is 2.32. The van der Waals surface area contributed by atoms with Crippen LogP contribution in [0.25, 0.3) is 0 Å². The summed E-state index contributed by atoms with van der Waals surface area (Å²) < 4.78 is 6.42. The minimum absolute atomic E-state index is 0.0579. The van der Waals surface area contributed by atoms with Crippen molar-refractivity contribution in [1.82, 2.24) is 5.32 Å². The molecule has 1 aliphatic heterocycles. The second kappa shape index (κ2) is 6.08. The Morgan fingerprint density at radius 1 is 1.29 bits per heavy atom. The van der Waals surface area contributed by atoms with Crippen LogP contribution >= 0.6 is 27.5 Å². The molecule has 5 heteroatoms. The van der Waals surface area contributed by atoms with E-state index < -0.39 is 0 Å². The van der Waals surface area contributed by atoms with E-state index in [2.05, 4.69) is 21.2 Å². The van der Waals surface area contributed by atoms with E-state index in [9.17, 15) is 4.79 Å². The van der Waals surface area contributed by atoms with Gasteiger partial charge in [-0.1, -0.05) is 45.7 Å². The number of nitrogens with one attached hydrogen (secondary N) is 1. The summed E-state index contributed by atoms with van der Waals surface area (Å²) in [6, 6.07) is 12.9. The summed E-state index contributed by atoms with van der Waals surface area (Å²) in [4.78, 5) is 12.4. The van der Waals surface area contributed by atoms with Crippen molar-refractivity contribution in [2.45, 2.75) is 12.5 Å². The summed E-state index contributed by atoms with van der Waals surface area (Å²) in [5, 5.41) is 3.48. The number of rotatable bonds is 2. The zero-order valence-corrected chi connectivity index (χ0v) is 13.4. The Hall–Kier alpha value is -1.52. The Morgan fingerprint density at radius 3 is 2.95 bits per heavy atom. The fourth-order valence-electron chi connectivity index (χ4n) is 2.40.